The van der Waals surface area contributed by atoms with Crippen LogP contribution in [0.15, 0.2) is 55.0 Å². The summed E-state index contributed by atoms with van der Waals surface area (Å²) in [5, 5.41) is 3.09. The van der Waals surface area contributed by atoms with Gasteiger partial charge in [-0.2, -0.15) is 0 Å². The Balaban J connectivity index is 1.53. The van der Waals surface area contributed by atoms with E-state index in [0.717, 1.165) is 29.7 Å². The fraction of sp³-hybridized carbons (Fsp3) is 0.333. The first-order valence-electron chi connectivity index (χ1n) is 10.3. The van der Waals surface area contributed by atoms with Gasteiger partial charge in [0.1, 0.15) is 11.6 Å². The average Bonchev–Trinajstić information content (AvgIpc) is 2.74. The van der Waals surface area contributed by atoms with Crippen molar-refractivity contribution in [3.63, 3.8) is 0 Å². The average molecular weight is 420 g/mol. The summed E-state index contributed by atoms with van der Waals surface area (Å²) in [5.41, 5.74) is 2.74. The number of hydrogen-bond acceptors (Lipinski definition) is 5. The largest absolute Gasteiger partial charge is 0.481 e. The van der Waals surface area contributed by atoms with Gasteiger partial charge in [0.25, 0.3) is 5.91 Å². The quantitative estimate of drug-likeness (QED) is 0.667. The molecule has 0 radical (unpaired) electrons. The van der Waals surface area contributed by atoms with Crippen LogP contribution in [0, 0.1) is 11.2 Å². The first-order chi connectivity index (χ1) is 14.8. The molecule has 2 atom stereocenters. The van der Waals surface area contributed by atoms with Crippen LogP contribution in [-0.4, -0.2) is 27.0 Å². The van der Waals surface area contributed by atoms with Crippen LogP contribution in [0.1, 0.15) is 44.5 Å². The van der Waals surface area contributed by atoms with Crippen molar-refractivity contribution >= 4 is 5.91 Å². The summed E-state index contributed by atoms with van der Waals surface area (Å²) in [4.78, 5) is 26.2. The van der Waals surface area contributed by atoms with Gasteiger partial charge in [0.2, 0.25) is 0 Å². The summed E-state index contributed by atoms with van der Waals surface area (Å²) in [6.07, 6.45) is 6.09. The Morgan fingerprint density at radius 2 is 1.90 bits per heavy atom. The molecule has 7 heteroatoms. The van der Waals surface area contributed by atoms with E-state index in [-0.39, 0.29) is 23.2 Å². The van der Waals surface area contributed by atoms with Crippen LogP contribution in [0.25, 0.3) is 11.4 Å². The Bertz CT molecular complexity index is 1070. The number of hydrogen-bond donors (Lipinski definition) is 1. The van der Waals surface area contributed by atoms with Gasteiger partial charge >= 0.3 is 0 Å². The lowest BCUT2D eigenvalue weighted by atomic mass is 9.74. The number of carbonyl (C=O) groups excluding carboxylic acids is 1. The summed E-state index contributed by atoms with van der Waals surface area (Å²) < 4.78 is 18.8. The zero-order chi connectivity index (χ0) is 22.0. The predicted octanol–water partition coefficient (Wildman–Crippen LogP) is 4.27. The van der Waals surface area contributed by atoms with E-state index in [9.17, 15) is 9.18 Å². The number of amides is 1. The van der Waals surface area contributed by atoms with Crippen molar-refractivity contribution in [2.24, 2.45) is 5.41 Å². The highest BCUT2D eigenvalue weighted by Gasteiger charge is 2.35. The van der Waals surface area contributed by atoms with Crippen LogP contribution in [0.4, 0.5) is 4.39 Å². The van der Waals surface area contributed by atoms with Gasteiger partial charge in [-0.1, -0.05) is 13.8 Å². The Labute approximate surface area is 180 Å². The van der Waals surface area contributed by atoms with Crippen LogP contribution in [0.5, 0.6) is 5.75 Å². The minimum atomic E-state index is -0.726. The Morgan fingerprint density at radius 1 is 1.19 bits per heavy atom. The molecular formula is C24H25FN4O2. The SMILES string of the molecule is C[C@H](Oc1ccc(F)cc1)C(=O)N[C@@H]1CC(C)(C)Cc2nc(-c3ccncc3)ncc21. The molecule has 0 unspecified atom stereocenters. The summed E-state index contributed by atoms with van der Waals surface area (Å²) in [6, 6.07) is 9.17. The van der Waals surface area contributed by atoms with E-state index in [1.54, 1.807) is 19.3 Å². The zero-order valence-corrected chi connectivity index (χ0v) is 17.8. The molecule has 0 bridgehead atoms. The van der Waals surface area contributed by atoms with E-state index in [1.807, 2.05) is 18.3 Å². The van der Waals surface area contributed by atoms with E-state index in [4.69, 9.17) is 9.72 Å². The minimum absolute atomic E-state index is 0.0319. The predicted molar refractivity (Wildman–Crippen MR) is 115 cm³/mol. The normalized spacial score (nSPS) is 18.0. The number of halogens is 1. The van der Waals surface area contributed by atoms with Crippen LogP contribution in [0.2, 0.25) is 0 Å². The van der Waals surface area contributed by atoms with Gasteiger partial charge in [0.05, 0.1) is 11.7 Å². The van der Waals surface area contributed by atoms with Crippen LogP contribution in [-0.2, 0) is 11.2 Å². The highest BCUT2D eigenvalue weighted by Crippen LogP contribution is 2.40. The number of aromatic nitrogens is 3. The molecule has 0 spiro atoms. The lowest BCUT2D eigenvalue weighted by molar-refractivity contribution is -0.128. The monoisotopic (exact) mass is 420 g/mol. The molecule has 1 aliphatic carbocycles. The van der Waals surface area contributed by atoms with Gasteiger partial charge in [0.15, 0.2) is 11.9 Å². The Hall–Kier alpha value is -3.35. The number of carbonyl (C=O) groups is 1. The number of rotatable bonds is 5. The second-order valence-corrected chi connectivity index (χ2v) is 8.65. The van der Waals surface area contributed by atoms with Gasteiger partial charge in [-0.3, -0.25) is 9.78 Å². The third-order valence-corrected chi connectivity index (χ3v) is 5.43. The molecule has 4 rings (SSSR count). The number of fused-ring (bicyclic) bond motifs is 1. The molecule has 0 fully saturated rings. The summed E-state index contributed by atoms with van der Waals surface area (Å²) in [7, 11) is 0. The van der Waals surface area contributed by atoms with Gasteiger partial charge < -0.3 is 10.1 Å². The lowest BCUT2D eigenvalue weighted by Gasteiger charge is -2.37. The molecule has 0 saturated heterocycles. The van der Waals surface area contributed by atoms with Crippen LogP contribution in [0.3, 0.4) is 0 Å². The molecule has 3 aromatic rings. The Kier molecular flexibility index (Phi) is 5.67. The van der Waals surface area contributed by atoms with Gasteiger partial charge in [0, 0.05) is 29.7 Å². The van der Waals surface area contributed by atoms with Crippen molar-refractivity contribution < 1.29 is 13.9 Å². The van der Waals surface area contributed by atoms with Gasteiger partial charge in [-0.15, -0.1) is 0 Å². The molecule has 0 saturated carbocycles. The van der Waals surface area contributed by atoms with Crippen LogP contribution >= 0.6 is 0 Å². The number of nitrogens with zero attached hydrogens (tertiary/aromatic N) is 3. The maximum Gasteiger partial charge on any atom is 0.261 e. The number of nitrogens with one attached hydrogen (secondary N) is 1. The summed E-state index contributed by atoms with van der Waals surface area (Å²) in [6.45, 7) is 6.01. The molecular weight excluding hydrogens is 395 g/mol. The van der Waals surface area contributed by atoms with Crippen molar-refractivity contribution in [2.75, 3.05) is 0 Å². The zero-order valence-electron chi connectivity index (χ0n) is 17.8. The van der Waals surface area contributed by atoms with Crippen molar-refractivity contribution in [3.05, 3.63) is 72.1 Å². The van der Waals surface area contributed by atoms with E-state index in [1.165, 1.54) is 24.3 Å². The molecule has 1 aromatic carbocycles. The maximum atomic E-state index is 13.1. The number of pyridine rings is 1. The van der Waals surface area contributed by atoms with Crippen molar-refractivity contribution in [1.82, 2.24) is 20.3 Å². The lowest BCUT2D eigenvalue weighted by Crippen LogP contribution is -2.42. The minimum Gasteiger partial charge on any atom is -0.481 e. The molecule has 0 aliphatic heterocycles. The van der Waals surface area contributed by atoms with E-state index in [2.05, 4.69) is 29.1 Å². The van der Waals surface area contributed by atoms with Crippen molar-refractivity contribution in [1.29, 1.82) is 0 Å². The van der Waals surface area contributed by atoms with Crippen LogP contribution < -0.4 is 10.1 Å². The fourth-order valence-corrected chi connectivity index (χ4v) is 3.88. The Morgan fingerprint density at radius 3 is 2.61 bits per heavy atom. The van der Waals surface area contributed by atoms with Crippen molar-refractivity contribution in [2.45, 2.75) is 45.8 Å². The van der Waals surface area contributed by atoms with E-state index < -0.39 is 6.10 Å². The second kappa shape index (κ2) is 8.41. The third kappa shape index (κ3) is 4.87. The molecule has 2 heterocycles. The number of ether oxygens (including phenoxy) is 1. The van der Waals surface area contributed by atoms with E-state index in [0.29, 0.717) is 11.6 Å². The highest BCUT2D eigenvalue weighted by atomic mass is 19.1. The van der Waals surface area contributed by atoms with Gasteiger partial charge in [-0.05, 0) is 61.6 Å². The van der Waals surface area contributed by atoms with Crippen molar-refractivity contribution in [3.8, 4) is 17.1 Å². The van der Waals surface area contributed by atoms with E-state index >= 15 is 0 Å². The fourth-order valence-electron chi connectivity index (χ4n) is 3.88. The molecule has 6 nitrogen and oxygen atoms in total. The summed E-state index contributed by atoms with van der Waals surface area (Å²) >= 11 is 0. The maximum absolute atomic E-state index is 13.1. The third-order valence-electron chi connectivity index (χ3n) is 5.43. The smallest absolute Gasteiger partial charge is 0.261 e. The first-order valence-corrected chi connectivity index (χ1v) is 10.3. The molecule has 160 valence electrons. The standard InChI is InChI=1S/C24H25FN4O2/c1-15(31-18-6-4-17(25)5-7-18)23(30)29-21-13-24(2,3)12-20-19(21)14-27-22(28-20)16-8-10-26-11-9-16/h4-11,14-15,21H,12-13H2,1-3H3,(H,29,30)/t15-,21+/m0/s1. The topological polar surface area (TPSA) is 77.0 Å². The van der Waals surface area contributed by atoms with Gasteiger partial charge in [-0.25, -0.2) is 14.4 Å². The first kappa shape index (κ1) is 20.9. The molecule has 1 amide bonds. The highest BCUT2D eigenvalue weighted by molar-refractivity contribution is 5.81. The molecule has 2 aromatic heterocycles. The second-order valence-electron chi connectivity index (χ2n) is 8.65. The molecule has 1 aliphatic rings. The molecule has 1 N–H and O–H groups in total. The summed E-state index contributed by atoms with van der Waals surface area (Å²) in [5.74, 6) is 0.503. The molecule has 31 heavy (non-hydrogen) atoms. The number of benzene rings is 1.